The first-order valence-corrected chi connectivity index (χ1v) is 7.59. The number of halogens is 2. The molecule has 0 bridgehead atoms. The Morgan fingerprint density at radius 1 is 1.56 bits per heavy atom. The van der Waals surface area contributed by atoms with Crippen molar-refractivity contribution in [2.24, 2.45) is 0 Å². The Labute approximate surface area is 126 Å². The molecule has 0 radical (unpaired) electrons. The monoisotopic (exact) mass is 378 g/mol. The van der Waals surface area contributed by atoms with Crippen LogP contribution in [0.5, 0.6) is 0 Å². The van der Waals surface area contributed by atoms with Crippen LogP contribution in [0, 0.1) is 3.57 Å². The van der Waals surface area contributed by atoms with Crippen LogP contribution in [0.1, 0.15) is 19.8 Å². The molecular weight excluding hydrogens is 363 g/mol. The standard InChI is InChI=1S/C13H16ClIN2O/c1-2-6-16-11-5-7-17(13(11)18)12-4-3-9(14)8-10(12)15/h3-4,8,11,16H,2,5-7H2,1H3. The quantitative estimate of drug-likeness (QED) is 0.817. The number of anilines is 1. The second-order valence-corrected chi connectivity index (χ2v) is 5.98. The van der Waals surface area contributed by atoms with Crippen LogP contribution in [-0.4, -0.2) is 25.0 Å². The fourth-order valence-electron chi connectivity index (χ4n) is 2.13. The van der Waals surface area contributed by atoms with Crippen molar-refractivity contribution in [3.05, 3.63) is 26.8 Å². The normalized spacial score (nSPS) is 19.6. The number of benzene rings is 1. The highest BCUT2D eigenvalue weighted by atomic mass is 127. The fraction of sp³-hybridized carbons (Fsp3) is 0.462. The van der Waals surface area contributed by atoms with Crippen LogP contribution in [0.4, 0.5) is 5.69 Å². The molecule has 0 spiro atoms. The maximum absolute atomic E-state index is 12.3. The highest BCUT2D eigenvalue weighted by molar-refractivity contribution is 14.1. The van der Waals surface area contributed by atoms with E-state index in [0.29, 0.717) is 5.02 Å². The third-order valence-electron chi connectivity index (χ3n) is 3.05. The van der Waals surface area contributed by atoms with E-state index in [0.717, 1.165) is 35.2 Å². The molecule has 1 aromatic carbocycles. The molecule has 0 aromatic heterocycles. The zero-order chi connectivity index (χ0) is 13.1. The Morgan fingerprint density at radius 3 is 3.00 bits per heavy atom. The van der Waals surface area contributed by atoms with E-state index in [-0.39, 0.29) is 11.9 Å². The average Bonchev–Trinajstić information content (AvgIpc) is 2.68. The van der Waals surface area contributed by atoms with E-state index in [1.54, 1.807) is 0 Å². The number of carbonyl (C=O) groups excluding carboxylic acids is 1. The Kier molecular flexibility index (Phi) is 4.86. The minimum atomic E-state index is -0.0311. The predicted molar refractivity (Wildman–Crippen MR) is 83.2 cm³/mol. The molecule has 3 nitrogen and oxygen atoms in total. The lowest BCUT2D eigenvalue weighted by Crippen LogP contribution is -2.38. The molecule has 1 atom stereocenters. The van der Waals surface area contributed by atoms with Crippen LogP contribution < -0.4 is 10.2 Å². The van der Waals surface area contributed by atoms with Gasteiger partial charge in [0.05, 0.1) is 11.7 Å². The van der Waals surface area contributed by atoms with Crippen molar-refractivity contribution in [3.63, 3.8) is 0 Å². The summed E-state index contributed by atoms with van der Waals surface area (Å²) >= 11 is 8.16. The summed E-state index contributed by atoms with van der Waals surface area (Å²) in [6.07, 6.45) is 1.92. The number of carbonyl (C=O) groups is 1. The molecule has 1 fully saturated rings. The number of nitrogens with one attached hydrogen (secondary N) is 1. The molecular formula is C13H16ClIN2O. The number of rotatable bonds is 4. The van der Waals surface area contributed by atoms with Gasteiger partial charge in [-0.1, -0.05) is 18.5 Å². The Hall–Kier alpha value is -0.330. The molecule has 1 aromatic rings. The number of hydrogen-bond donors (Lipinski definition) is 1. The van der Waals surface area contributed by atoms with Crippen molar-refractivity contribution in [2.75, 3.05) is 18.0 Å². The largest absolute Gasteiger partial charge is 0.310 e. The van der Waals surface area contributed by atoms with Gasteiger partial charge in [0, 0.05) is 15.1 Å². The molecule has 1 aliphatic rings. The lowest BCUT2D eigenvalue weighted by atomic mass is 10.2. The van der Waals surface area contributed by atoms with Crippen molar-refractivity contribution in [1.29, 1.82) is 0 Å². The Morgan fingerprint density at radius 2 is 2.33 bits per heavy atom. The highest BCUT2D eigenvalue weighted by Gasteiger charge is 2.32. The van der Waals surface area contributed by atoms with Gasteiger partial charge >= 0.3 is 0 Å². The van der Waals surface area contributed by atoms with Gasteiger partial charge in [-0.05, 0) is 60.2 Å². The van der Waals surface area contributed by atoms with Crippen LogP contribution in [0.2, 0.25) is 5.02 Å². The zero-order valence-corrected chi connectivity index (χ0v) is 13.2. The second kappa shape index (κ2) is 6.21. The molecule has 1 saturated heterocycles. The molecule has 5 heteroatoms. The number of amides is 1. The smallest absolute Gasteiger partial charge is 0.244 e. The summed E-state index contributed by atoms with van der Waals surface area (Å²) in [6.45, 7) is 3.77. The first-order chi connectivity index (χ1) is 8.63. The minimum absolute atomic E-state index is 0.0311. The molecule has 2 rings (SSSR count). The summed E-state index contributed by atoms with van der Waals surface area (Å²) in [7, 11) is 0. The second-order valence-electron chi connectivity index (χ2n) is 4.38. The Balaban J connectivity index is 2.13. The van der Waals surface area contributed by atoms with Crippen molar-refractivity contribution in [1.82, 2.24) is 5.32 Å². The molecule has 1 unspecified atom stereocenters. The maximum Gasteiger partial charge on any atom is 0.244 e. The van der Waals surface area contributed by atoms with Crippen LogP contribution in [0.3, 0.4) is 0 Å². The molecule has 1 N–H and O–H groups in total. The maximum atomic E-state index is 12.3. The van der Waals surface area contributed by atoms with E-state index in [1.807, 2.05) is 23.1 Å². The molecule has 1 amide bonds. The van der Waals surface area contributed by atoms with Gasteiger partial charge in [0.2, 0.25) is 5.91 Å². The number of hydrogen-bond acceptors (Lipinski definition) is 2. The first kappa shape index (κ1) is 14.1. The SMILES string of the molecule is CCCNC1CCN(c2ccc(Cl)cc2I)C1=O. The summed E-state index contributed by atoms with van der Waals surface area (Å²) in [4.78, 5) is 14.1. The van der Waals surface area contributed by atoms with Crippen molar-refractivity contribution >= 4 is 45.8 Å². The topological polar surface area (TPSA) is 32.3 Å². The summed E-state index contributed by atoms with van der Waals surface area (Å²) in [5.41, 5.74) is 0.964. The lowest BCUT2D eigenvalue weighted by Gasteiger charge is -2.19. The van der Waals surface area contributed by atoms with Crippen molar-refractivity contribution < 1.29 is 4.79 Å². The minimum Gasteiger partial charge on any atom is -0.310 e. The van der Waals surface area contributed by atoms with E-state index < -0.39 is 0 Å². The lowest BCUT2D eigenvalue weighted by molar-refractivity contribution is -0.118. The third-order valence-corrected chi connectivity index (χ3v) is 4.15. The summed E-state index contributed by atoms with van der Waals surface area (Å²) in [6, 6.07) is 5.61. The molecule has 1 aliphatic heterocycles. The summed E-state index contributed by atoms with van der Waals surface area (Å²) < 4.78 is 1.02. The van der Waals surface area contributed by atoms with E-state index in [4.69, 9.17) is 11.6 Å². The van der Waals surface area contributed by atoms with Crippen LogP contribution in [-0.2, 0) is 4.79 Å². The van der Waals surface area contributed by atoms with Gasteiger partial charge in [0.1, 0.15) is 0 Å². The van der Waals surface area contributed by atoms with Crippen molar-refractivity contribution in [2.45, 2.75) is 25.8 Å². The van der Waals surface area contributed by atoms with Gasteiger partial charge in [0.25, 0.3) is 0 Å². The molecule has 98 valence electrons. The van der Waals surface area contributed by atoms with Gasteiger partial charge in [-0.15, -0.1) is 0 Å². The third kappa shape index (κ3) is 2.97. The van der Waals surface area contributed by atoms with Crippen LogP contribution >= 0.6 is 34.2 Å². The predicted octanol–water partition coefficient (Wildman–Crippen LogP) is 3.05. The van der Waals surface area contributed by atoms with Crippen LogP contribution in [0.15, 0.2) is 18.2 Å². The molecule has 0 saturated carbocycles. The van der Waals surface area contributed by atoms with Gasteiger partial charge in [-0.25, -0.2) is 0 Å². The summed E-state index contributed by atoms with van der Waals surface area (Å²) in [5, 5.41) is 4.00. The zero-order valence-electron chi connectivity index (χ0n) is 10.2. The highest BCUT2D eigenvalue weighted by Crippen LogP contribution is 2.29. The van der Waals surface area contributed by atoms with E-state index >= 15 is 0 Å². The molecule has 1 heterocycles. The van der Waals surface area contributed by atoms with Crippen LogP contribution in [0.25, 0.3) is 0 Å². The van der Waals surface area contributed by atoms with Crippen molar-refractivity contribution in [3.8, 4) is 0 Å². The number of nitrogens with zero attached hydrogens (tertiary/aromatic N) is 1. The molecule has 18 heavy (non-hydrogen) atoms. The fourth-order valence-corrected chi connectivity index (χ4v) is 3.29. The average molecular weight is 379 g/mol. The van der Waals surface area contributed by atoms with E-state index in [2.05, 4.69) is 34.8 Å². The van der Waals surface area contributed by atoms with E-state index in [9.17, 15) is 4.79 Å². The van der Waals surface area contributed by atoms with Gasteiger partial charge in [-0.2, -0.15) is 0 Å². The van der Waals surface area contributed by atoms with E-state index in [1.165, 1.54) is 0 Å². The molecule has 0 aliphatic carbocycles. The van der Waals surface area contributed by atoms with Gasteiger partial charge in [-0.3, -0.25) is 4.79 Å². The Bertz CT molecular complexity index is 453. The first-order valence-electron chi connectivity index (χ1n) is 6.13. The van der Waals surface area contributed by atoms with Gasteiger partial charge < -0.3 is 10.2 Å². The summed E-state index contributed by atoms with van der Waals surface area (Å²) in [5.74, 6) is 0.170. The van der Waals surface area contributed by atoms with Gasteiger partial charge in [0.15, 0.2) is 0 Å².